The van der Waals surface area contributed by atoms with Crippen LogP contribution in [0.25, 0.3) is 5.69 Å². The Morgan fingerprint density at radius 2 is 2.16 bits per heavy atom. The number of benzene rings is 1. The highest BCUT2D eigenvalue weighted by atomic mass is 19.1. The molecule has 0 radical (unpaired) electrons. The number of nitrogens with zero attached hydrogens (tertiary/aromatic N) is 2. The third-order valence-corrected chi connectivity index (χ3v) is 3.13. The van der Waals surface area contributed by atoms with Gasteiger partial charge in [-0.15, -0.1) is 0 Å². The molecule has 0 aliphatic carbocycles. The molecule has 102 valence electrons. The van der Waals surface area contributed by atoms with Gasteiger partial charge in [-0.2, -0.15) is 5.10 Å². The molecular weight excluding hydrogens is 241 g/mol. The van der Waals surface area contributed by atoms with E-state index < -0.39 is 0 Å². The summed E-state index contributed by atoms with van der Waals surface area (Å²) in [5.41, 5.74) is 2.38. The van der Waals surface area contributed by atoms with Crippen LogP contribution in [0.4, 0.5) is 4.39 Å². The van der Waals surface area contributed by atoms with Crippen molar-refractivity contribution in [2.75, 3.05) is 6.54 Å². The van der Waals surface area contributed by atoms with Gasteiger partial charge in [-0.25, -0.2) is 9.07 Å². The number of hydrogen-bond acceptors (Lipinski definition) is 2. The maximum Gasteiger partial charge on any atom is 0.130 e. The molecule has 0 amide bonds. The quantitative estimate of drug-likeness (QED) is 0.894. The molecule has 0 bridgehead atoms. The average molecular weight is 261 g/mol. The second-order valence-electron chi connectivity index (χ2n) is 4.75. The molecule has 0 saturated carbocycles. The Bertz CT molecular complexity index is 548. The van der Waals surface area contributed by atoms with Crippen molar-refractivity contribution in [1.82, 2.24) is 15.1 Å². The summed E-state index contributed by atoms with van der Waals surface area (Å²) in [6.45, 7) is 6.87. The summed E-state index contributed by atoms with van der Waals surface area (Å²) in [4.78, 5) is 0. The van der Waals surface area contributed by atoms with E-state index in [1.54, 1.807) is 10.7 Å². The lowest BCUT2D eigenvalue weighted by Crippen LogP contribution is -2.22. The molecule has 1 aromatic heterocycles. The molecule has 1 N–H and O–H groups in total. The highest BCUT2D eigenvalue weighted by Crippen LogP contribution is 2.24. The molecule has 1 heterocycles. The summed E-state index contributed by atoms with van der Waals surface area (Å²) < 4.78 is 15.9. The Morgan fingerprint density at radius 3 is 2.79 bits per heavy atom. The van der Waals surface area contributed by atoms with Crippen molar-refractivity contribution in [3.63, 3.8) is 0 Å². The van der Waals surface area contributed by atoms with Crippen LogP contribution in [-0.4, -0.2) is 16.3 Å². The minimum atomic E-state index is -0.193. The smallest absolute Gasteiger partial charge is 0.130 e. The summed E-state index contributed by atoms with van der Waals surface area (Å²) in [6, 6.07) is 6.99. The maximum atomic E-state index is 14.1. The van der Waals surface area contributed by atoms with Crippen molar-refractivity contribution in [2.45, 2.75) is 33.2 Å². The number of rotatable bonds is 5. The van der Waals surface area contributed by atoms with Gasteiger partial charge >= 0.3 is 0 Å². The Labute approximate surface area is 113 Å². The minimum absolute atomic E-state index is 0.0411. The molecule has 19 heavy (non-hydrogen) atoms. The van der Waals surface area contributed by atoms with Gasteiger partial charge in [-0.05, 0) is 45.0 Å². The van der Waals surface area contributed by atoms with Crippen LogP contribution < -0.4 is 5.32 Å². The first-order valence-corrected chi connectivity index (χ1v) is 6.68. The average Bonchev–Trinajstić information content (AvgIpc) is 2.82. The van der Waals surface area contributed by atoms with Crippen molar-refractivity contribution in [3.05, 3.63) is 47.5 Å². The molecule has 0 spiro atoms. The van der Waals surface area contributed by atoms with Gasteiger partial charge in [0.25, 0.3) is 0 Å². The Balaban J connectivity index is 2.41. The van der Waals surface area contributed by atoms with Crippen LogP contribution in [0.15, 0.2) is 30.5 Å². The van der Waals surface area contributed by atoms with E-state index in [0.29, 0.717) is 5.56 Å². The normalized spacial score (nSPS) is 12.6. The van der Waals surface area contributed by atoms with E-state index >= 15 is 0 Å². The zero-order valence-electron chi connectivity index (χ0n) is 11.7. The van der Waals surface area contributed by atoms with Gasteiger partial charge < -0.3 is 5.32 Å². The largest absolute Gasteiger partial charge is 0.310 e. The highest BCUT2D eigenvalue weighted by Gasteiger charge is 2.16. The third kappa shape index (κ3) is 3.01. The summed E-state index contributed by atoms with van der Waals surface area (Å²) >= 11 is 0. The van der Waals surface area contributed by atoms with Gasteiger partial charge in [-0.1, -0.05) is 13.0 Å². The minimum Gasteiger partial charge on any atom is -0.310 e. The van der Waals surface area contributed by atoms with Crippen molar-refractivity contribution < 1.29 is 4.39 Å². The monoisotopic (exact) mass is 261 g/mol. The number of halogens is 1. The van der Waals surface area contributed by atoms with E-state index in [2.05, 4.69) is 17.3 Å². The van der Waals surface area contributed by atoms with E-state index in [9.17, 15) is 4.39 Å². The fraction of sp³-hybridized carbons (Fsp3) is 0.400. The van der Waals surface area contributed by atoms with Crippen molar-refractivity contribution >= 4 is 0 Å². The molecule has 0 aliphatic heterocycles. The lowest BCUT2D eigenvalue weighted by molar-refractivity contribution is 0.523. The lowest BCUT2D eigenvalue weighted by Gasteiger charge is -2.18. The number of aromatic nitrogens is 2. The SMILES string of the molecule is CCCNC(C)c1c(F)cccc1-n1ccc(C)n1. The Hall–Kier alpha value is -1.68. The zero-order valence-corrected chi connectivity index (χ0v) is 11.7. The van der Waals surface area contributed by atoms with E-state index in [1.165, 1.54) is 6.07 Å². The molecule has 1 atom stereocenters. The van der Waals surface area contributed by atoms with Gasteiger partial charge in [0, 0.05) is 17.8 Å². The van der Waals surface area contributed by atoms with Gasteiger partial charge in [0.1, 0.15) is 5.82 Å². The summed E-state index contributed by atoms with van der Waals surface area (Å²) in [5.74, 6) is -0.193. The second-order valence-corrected chi connectivity index (χ2v) is 4.75. The van der Waals surface area contributed by atoms with Gasteiger partial charge in [-0.3, -0.25) is 0 Å². The van der Waals surface area contributed by atoms with Crippen molar-refractivity contribution in [1.29, 1.82) is 0 Å². The second kappa shape index (κ2) is 5.97. The van der Waals surface area contributed by atoms with E-state index in [4.69, 9.17) is 0 Å². The highest BCUT2D eigenvalue weighted by molar-refractivity contribution is 5.43. The Kier molecular flexibility index (Phi) is 4.32. The zero-order chi connectivity index (χ0) is 13.8. The number of aryl methyl sites for hydroxylation is 1. The first kappa shape index (κ1) is 13.7. The summed E-state index contributed by atoms with van der Waals surface area (Å²) in [5, 5.41) is 7.69. The van der Waals surface area contributed by atoms with Crippen molar-refractivity contribution in [3.8, 4) is 5.69 Å². The number of nitrogens with one attached hydrogen (secondary N) is 1. The Morgan fingerprint density at radius 1 is 1.37 bits per heavy atom. The molecule has 1 unspecified atom stereocenters. The van der Waals surface area contributed by atoms with Gasteiger partial charge in [0.2, 0.25) is 0 Å². The lowest BCUT2D eigenvalue weighted by atomic mass is 10.1. The molecule has 0 aliphatic rings. The molecule has 3 nitrogen and oxygen atoms in total. The standard InChI is InChI=1S/C15H20FN3/c1-4-9-17-12(3)15-13(16)6-5-7-14(15)19-10-8-11(2)18-19/h5-8,10,12,17H,4,9H2,1-3H3. The van der Waals surface area contributed by atoms with Crippen LogP contribution in [0.3, 0.4) is 0 Å². The predicted molar refractivity (Wildman–Crippen MR) is 75.0 cm³/mol. The first-order valence-electron chi connectivity index (χ1n) is 6.68. The molecule has 0 saturated heterocycles. The molecule has 2 aromatic rings. The topological polar surface area (TPSA) is 29.9 Å². The molecular formula is C15H20FN3. The molecule has 0 fully saturated rings. The molecule has 2 rings (SSSR count). The fourth-order valence-electron chi connectivity index (χ4n) is 2.17. The van der Waals surface area contributed by atoms with Crippen LogP contribution in [0.2, 0.25) is 0 Å². The van der Waals surface area contributed by atoms with Crippen LogP contribution in [-0.2, 0) is 0 Å². The van der Waals surface area contributed by atoms with Crippen LogP contribution in [0.5, 0.6) is 0 Å². The van der Waals surface area contributed by atoms with Crippen LogP contribution in [0, 0.1) is 12.7 Å². The fourth-order valence-corrected chi connectivity index (χ4v) is 2.17. The van der Waals surface area contributed by atoms with E-state index in [0.717, 1.165) is 24.3 Å². The first-order chi connectivity index (χ1) is 9.13. The van der Waals surface area contributed by atoms with E-state index in [1.807, 2.05) is 32.2 Å². The molecule has 1 aromatic carbocycles. The van der Waals surface area contributed by atoms with Gasteiger partial charge in [0.05, 0.1) is 11.4 Å². The van der Waals surface area contributed by atoms with E-state index in [-0.39, 0.29) is 11.9 Å². The van der Waals surface area contributed by atoms with Crippen molar-refractivity contribution in [2.24, 2.45) is 0 Å². The summed E-state index contributed by atoms with van der Waals surface area (Å²) in [7, 11) is 0. The number of hydrogen-bond donors (Lipinski definition) is 1. The molecule has 4 heteroatoms. The third-order valence-electron chi connectivity index (χ3n) is 3.13. The van der Waals surface area contributed by atoms with Crippen LogP contribution >= 0.6 is 0 Å². The predicted octanol–water partition coefficient (Wildman–Crippen LogP) is 3.38. The van der Waals surface area contributed by atoms with Crippen LogP contribution in [0.1, 0.15) is 37.6 Å². The van der Waals surface area contributed by atoms with Gasteiger partial charge in [0.15, 0.2) is 0 Å². The maximum absolute atomic E-state index is 14.1. The summed E-state index contributed by atoms with van der Waals surface area (Å²) in [6.07, 6.45) is 2.88.